The van der Waals surface area contributed by atoms with Crippen molar-refractivity contribution in [3.8, 4) is 0 Å². The normalized spacial score (nSPS) is 10.2. The fourth-order valence-electron chi connectivity index (χ4n) is 0.760. The molecule has 0 saturated heterocycles. The summed E-state index contributed by atoms with van der Waals surface area (Å²) in [4.78, 5) is 0. The van der Waals surface area contributed by atoms with Gasteiger partial charge in [0.15, 0.2) is 0 Å². The molecule has 54 valence electrons. The average Bonchev–Trinajstić information content (AvgIpc) is 1.95. The van der Waals surface area contributed by atoms with E-state index in [9.17, 15) is 4.39 Å². The van der Waals surface area contributed by atoms with E-state index in [0.717, 1.165) is 19.9 Å². The Kier molecular flexibility index (Phi) is 2.85. The Morgan fingerprint density at radius 1 is 1.50 bits per heavy atom. The SMILES string of the molecule is Fc1ccc(C[SiH3])cc1I. The van der Waals surface area contributed by atoms with Crippen molar-refractivity contribution in [2.45, 2.75) is 6.04 Å². The first kappa shape index (κ1) is 8.20. The molecule has 0 nitrogen and oxygen atoms in total. The van der Waals surface area contributed by atoms with Crippen molar-refractivity contribution in [1.82, 2.24) is 0 Å². The van der Waals surface area contributed by atoms with E-state index in [1.165, 1.54) is 11.6 Å². The second-order valence-corrected chi connectivity index (χ2v) is 3.97. The molecule has 1 rings (SSSR count). The van der Waals surface area contributed by atoms with Crippen molar-refractivity contribution in [2.75, 3.05) is 0 Å². The molecule has 0 spiro atoms. The zero-order valence-corrected chi connectivity index (χ0v) is 9.85. The van der Waals surface area contributed by atoms with Gasteiger partial charge in [-0.3, -0.25) is 0 Å². The lowest BCUT2D eigenvalue weighted by Gasteiger charge is -1.97. The molecule has 1 aromatic rings. The molecule has 0 heterocycles. The highest BCUT2D eigenvalue weighted by atomic mass is 127. The molecule has 10 heavy (non-hydrogen) atoms. The summed E-state index contributed by atoms with van der Waals surface area (Å²) in [6, 6.07) is 6.40. The van der Waals surface area contributed by atoms with Gasteiger partial charge in [-0.05, 0) is 40.8 Å². The molecule has 0 unspecified atom stereocenters. The average molecular weight is 266 g/mol. The Morgan fingerprint density at radius 3 is 2.70 bits per heavy atom. The predicted molar refractivity (Wildman–Crippen MR) is 52.8 cm³/mol. The van der Waals surface area contributed by atoms with Gasteiger partial charge in [-0.2, -0.15) is 0 Å². The minimum absolute atomic E-state index is 0.112. The Balaban J connectivity index is 3.04. The van der Waals surface area contributed by atoms with E-state index in [1.807, 2.05) is 34.7 Å². The van der Waals surface area contributed by atoms with Crippen LogP contribution >= 0.6 is 22.6 Å². The van der Waals surface area contributed by atoms with Crippen LogP contribution in [0.1, 0.15) is 5.56 Å². The highest BCUT2D eigenvalue weighted by Gasteiger charge is 1.97. The smallest absolute Gasteiger partial charge is 0.136 e. The van der Waals surface area contributed by atoms with E-state index in [-0.39, 0.29) is 5.82 Å². The number of hydrogen-bond acceptors (Lipinski definition) is 0. The van der Waals surface area contributed by atoms with Gasteiger partial charge in [0, 0.05) is 13.8 Å². The van der Waals surface area contributed by atoms with Crippen molar-refractivity contribution in [2.24, 2.45) is 0 Å². The quantitative estimate of drug-likeness (QED) is 0.531. The van der Waals surface area contributed by atoms with E-state index >= 15 is 0 Å². The number of rotatable bonds is 1. The van der Waals surface area contributed by atoms with Crippen molar-refractivity contribution < 1.29 is 4.39 Å². The molecule has 0 aliphatic heterocycles. The third kappa shape index (κ3) is 1.79. The molecule has 0 fully saturated rings. The van der Waals surface area contributed by atoms with E-state index in [4.69, 9.17) is 0 Å². The van der Waals surface area contributed by atoms with Crippen LogP contribution in [0.3, 0.4) is 0 Å². The molecule has 0 atom stereocenters. The van der Waals surface area contributed by atoms with E-state index in [0.29, 0.717) is 0 Å². The first-order valence-corrected chi connectivity index (χ1v) is 5.67. The van der Waals surface area contributed by atoms with Crippen LogP contribution in [0.25, 0.3) is 0 Å². The molecule has 0 aliphatic carbocycles. The van der Waals surface area contributed by atoms with Gasteiger partial charge in [0.05, 0.1) is 0 Å². The van der Waals surface area contributed by atoms with Crippen molar-refractivity contribution in [3.63, 3.8) is 0 Å². The standard InChI is InChI=1S/C7H8FISi/c8-6-2-1-5(4-10)3-7(6)9/h1-3H,4H2,10H3. The molecule has 0 bridgehead atoms. The molecule has 3 heteroatoms. The van der Waals surface area contributed by atoms with Crippen LogP contribution in [0.5, 0.6) is 0 Å². The van der Waals surface area contributed by atoms with Crippen LogP contribution in [0.2, 0.25) is 0 Å². The first-order valence-electron chi connectivity index (χ1n) is 3.18. The summed E-state index contributed by atoms with van der Waals surface area (Å²) in [5.74, 6) is -0.112. The molecular weight excluding hydrogens is 258 g/mol. The maximum absolute atomic E-state index is 12.6. The number of hydrogen-bond donors (Lipinski definition) is 0. The number of benzene rings is 1. The molecule has 0 amide bonds. The van der Waals surface area contributed by atoms with Crippen LogP contribution in [0, 0.1) is 9.39 Å². The number of halogens is 2. The lowest BCUT2D eigenvalue weighted by Crippen LogP contribution is -1.87. The predicted octanol–water partition coefficient (Wildman–Crippen LogP) is 1.30. The van der Waals surface area contributed by atoms with E-state index in [1.54, 1.807) is 0 Å². The van der Waals surface area contributed by atoms with Crippen molar-refractivity contribution >= 4 is 32.8 Å². The van der Waals surface area contributed by atoms with Gasteiger partial charge >= 0.3 is 0 Å². The second-order valence-electron chi connectivity index (χ2n) is 2.10. The third-order valence-electron chi connectivity index (χ3n) is 1.39. The zero-order chi connectivity index (χ0) is 7.56. The van der Waals surface area contributed by atoms with Gasteiger partial charge in [-0.25, -0.2) is 4.39 Å². The van der Waals surface area contributed by atoms with E-state index in [2.05, 4.69) is 0 Å². The topological polar surface area (TPSA) is 0 Å². The minimum atomic E-state index is -0.112. The summed E-state index contributed by atoms with van der Waals surface area (Å²) in [6.45, 7) is 0. The van der Waals surface area contributed by atoms with Gasteiger partial charge in [0.25, 0.3) is 0 Å². The monoisotopic (exact) mass is 266 g/mol. The molecule has 1 aromatic carbocycles. The summed E-state index contributed by atoms with van der Waals surface area (Å²) in [5, 5.41) is 0. The summed E-state index contributed by atoms with van der Waals surface area (Å²) in [7, 11) is 1.15. The van der Waals surface area contributed by atoms with Crippen molar-refractivity contribution in [1.29, 1.82) is 0 Å². The molecular formula is C7H8FISi. The lowest BCUT2D eigenvalue weighted by molar-refractivity contribution is 0.620. The van der Waals surface area contributed by atoms with Crippen LogP contribution in [0.15, 0.2) is 18.2 Å². The summed E-state index contributed by atoms with van der Waals surface area (Å²) in [6.07, 6.45) is 0. The maximum Gasteiger partial charge on any atom is 0.136 e. The molecule has 0 aromatic heterocycles. The Bertz CT molecular complexity index is 237. The van der Waals surface area contributed by atoms with Crippen LogP contribution in [-0.2, 0) is 6.04 Å². The van der Waals surface area contributed by atoms with E-state index < -0.39 is 0 Å². The van der Waals surface area contributed by atoms with Gasteiger partial charge in [-0.15, -0.1) is 0 Å². The van der Waals surface area contributed by atoms with Crippen LogP contribution in [-0.4, -0.2) is 10.2 Å². The fourth-order valence-corrected chi connectivity index (χ4v) is 1.78. The van der Waals surface area contributed by atoms with Crippen LogP contribution in [0.4, 0.5) is 4.39 Å². The first-order chi connectivity index (χ1) is 4.74. The molecule has 0 saturated carbocycles. The maximum atomic E-state index is 12.6. The summed E-state index contributed by atoms with van der Waals surface area (Å²) >= 11 is 2.01. The second kappa shape index (κ2) is 3.48. The van der Waals surface area contributed by atoms with Crippen LogP contribution < -0.4 is 0 Å². The molecule has 0 N–H and O–H groups in total. The summed E-state index contributed by atoms with van der Waals surface area (Å²) < 4.78 is 13.4. The lowest BCUT2D eigenvalue weighted by atomic mass is 10.2. The Morgan fingerprint density at radius 2 is 2.20 bits per heavy atom. The van der Waals surface area contributed by atoms with Gasteiger partial charge < -0.3 is 0 Å². The highest BCUT2D eigenvalue weighted by molar-refractivity contribution is 14.1. The Hall–Kier alpha value is 0.0969. The Labute approximate surface area is 76.4 Å². The third-order valence-corrected chi connectivity index (χ3v) is 3.04. The minimum Gasteiger partial charge on any atom is -0.206 e. The fraction of sp³-hybridized carbons (Fsp3) is 0.143. The largest absolute Gasteiger partial charge is 0.206 e. The van der Waals surface area contributed by atoms with Gasteiger partial charge in [-0.1, -0.05) is 11.6 Å². The zero-order valence-electron chi connectivity index (χ0n) is 5.70. The molecule has 0 radical (unpaired) electrons. The van der Waals surface area contributed by atoms with Crippen molar-refractivity contribution in [3.05, 3.63) is 33.1 Å². The highest BCUT2D eigenvalue weighted by Crippen LogP contribution is 2.12. The summed E-state index contributed by atoms with van der Waals surface area (Å²) in [5.41, 5.74) is 1.25. The van der Waals surface area contributed by atoms with Gasteiger partial charge in [0.2, 0.25) is 0 Å². The van der Waals surface area contributed by atoms with Gasteiger partial charge in [0.1, 0.15) is 5.82 Å². The molecule has 0 aliphatic rings.